The van der Waals surface area contributed by atoms with E-state index in [2.05, 4.69) is 5.32 Å². The van der Waals surface area contributed by atoms with E-state index in [0.29, 0.717) is 11.3 Å². The van der Waals surface area contributed by atoms with Crippen LogP contribution in [0.15, 0.2) is 42.5 Å². The zero-order valence-electron chi connectivity index (χ0n) is 15.0. The zero-order valence-corrected chi connectivity index (χ0v) is 15.9. The molecule has 0 aliphatic heterocycles. The van der Waals surface area contributed by atoms with Gasteiger partial charge in [-0.25, -0.2) is 8.42 Å². The summed E-state index contributed by atoms with van der Waals surface area (Å²) in [4.78, 5) is 12.2. The molecule has 0 unspecified atom stereocenters. The minimum Gasteiger partial charge on any atom is -0.350 e. The summed E-state index contributed by atoms with van der Waals surface area (Å²) in [5.74, 6) is -0.214. The van der Waals surface area contributed by atoms with Gasteiger partial charge in [-0.05, 0) is 44.5 Å². The molecule has 0 aliphatic carbocycles. The van der Waals surface area contributed by atoms with Gasteiger partial charge in [0.05, 0.1) is 18.5 Å². The van der Waals surface area contributed by atoms with Crippen LogP contribution in [-0.4, -0.2) is 33.7 Å². The van der Waals surface area contributed by atoms with E-state index < -0.39 is 10.0 Å². The number of nitrogens with zero attached hydrogens (tertiary/aromatic N) is 1. The van der Waals surface area contributed by atoms with Crippen molar-refractivity contribution in [3.63, 3.8) is 0 Å². The molecule has 0 heterocycles. The monoisotopic (exact) mass is 360 g/mol. The number of nitrogens with one attached hydrogen (secondary N) is 1. The lowest BCUT2D eigenvalue weighted by atomic mass is 10.1. The summed E-state index contributed by atoms with van der Waals surface area (Å²) in [6.07, 6.45) is 1.17. The van der Waals surface area contributed by atoms with Gasteiger partial charge in [0, 0.05) is 12.1 Å². The summed E-state index contributed by atoms with van der Waals surface area (Å²) in [6.45, 7) is 6.21. The average Bonchev–Trinajstić information content (AvgIpc) is 2.52. The highest BCUT2D eigenvalue weighted by Crippen LogP contribution is 2.23. The number of anilines is 1. The molecular weight excluding hydrogens is 336 g/mol. The fourth-order valence-electron chi connectivity index (χ4n) is 2.63. The van der Waals surface area contributed by atoms with Crippen LogP contribution < -0.4 is 9.62 Å². The Morgan fingerprint density at radius 2 is 1.60 bits per heavy atom. The van der Waals surface area contributed by atoms with Gasteiger partial charge in [0.15, 0.2) is 0 Å². The van der Waals surface area contributed by atoms with Gasteiger partial charge in [-0.2, -0.15) is 0 Å². The standard InChI is InChI=1S/C19H24N2O3S/c1-14-5-8-17(9-6-14)19(22)20-11-12-21(25(4,23)24)18-10-7-15(2)13-16(18)3/h5-10,13H,11-12H2,1-4H3,(H,20,22). The number of amides is 1. The third kappa shape index (κ3) is 5.06. The first-order valence-corrected chi connectivity index (χ1v) is 9.93. The summed E-state index contributed by atoms with van der Waals surface area (Å²) >= 11 is 0. The van der Waals surface area contributed by atoms with Crippen LogP contribution in [0.2, 0.25) is 0 Å². The first kappa shape index (κ1) is 19.0. The molecule has 0 saturated heterocycles. The Labute approximate surface area is 149 Å². The van der Waals surface area contributed by atoms with Crippen molar-refractivity contribution in [2.24, 2.45) is 0 Å². The van der Waals surface area contributed by atoms with Crippen molar-refractivity contribution in [2.45, 2.75) is 20.8 Å². The number of carbonyl (C=O) groups excluding carboxylic acids is 1. The van der Waals surface area contributed by atoms with Crippen LogP contribution in [0, 0.1) is 20.8 Å². The molecule has 0 atom stereocenters. The number of hydrogen-bond acceptors (Lipinski definition) is 3. The Kier molecular flexibility index (Phi) is 5.85. The van der Waals surface area contributed by atoms with Gasteiger partial charge in [0.2, 0.25) is 10.0 Å². The largest absolute Gasteiger partial charge is 0.350 e. The van der Waals surface area contributed by atoms with Crippen LogP contribution in [0.5, 0.6) is 0 Å². The molecule has 0 radical (unpaired) electrons. The molecular formula is C19H24N2O3S. The van der Waals surface area contributed by atoms with Gasteiger partial charge in [-0.15, -0.1) is 0 Å². The predicted octanol–water partition coefficient (Wildman–Crippen LogP) is 2.81. The maximum atomic E-state index is 12.2. The number of benzene rings is 2. The van der Waals surface area contributed by atoms with E-state index in [1.165, 1.54) is 10.6 Å². The van der Waals surface area contributed by atoms with Crippen LogP contribution in [0.1, 0.15) is 27.0 Å². The van der Waals surface area contributed by atoms with Crippen LogP contribution in [0.25, 0.3) is 0 Å². The first-order chi connectivity index (χ1) is 11.7. The second-order valence-electron chi connectivity index (χ2n) is 6.25. The minimum absolute atomic E-state index is 0.181. The highest BCUT2D eigenvalue weighted by atomic mass is 32.2. The molecule has 134 valence electrons. The van der Waals surface area contributed by atoms with Crippen LogP contribution in [0.3, 0.4) is 0 Å². The summed E-state index contributed by atoms with van der Waals surface area (Å²) in [5, 5.41) is 2.78. The summed E-state index contributed by atoms with van der Waals surface area (Å²) in [6, 6.07) is 12.9. The van der Waals surface area contributed by atoms with Crippen LogP contribution in [-0.2, 0) is 10.0 Å². The Hall–Kier alpha value is -2.34. The lowest BCUT2D eigenvalue weighted by Gasteiger charge is -2.24. The lowest BCUT2D eigenvalue weighted by Crippen LogP contribution is -2.38. The van der Waals surface area contributed by atoms with Crippen molar-refractivity contribution in [1.29, 1.82) is 0 Å². The van der Waals surface area contributed by atoms with Gasteiger partial charge in [0.1, 0.15) is 0 Å². The van der Waals surface area contributed by atoms with Gasteiger partial charge in [-0.3, -0.25) is 9.10 Å². The van der Waals surface area contributed by atoms with E-state index in [1.54, 1.807) is 18.2 Å². The lowest BCUT2D eigenvalue weighted by molar-refractivity contribution is 0.0955. The SMILES string of the molecule is Cc1ccc(C(=O)NCCN(c2ccc(C)cc2C)S(C)(=O)=O)cc1. The van der Waals surface area contributed by atoms with E-state index in [4.69, 9.17) is 0 Å². The second-order valence-corrected chi connectivity index (χ2v) is 8.15. The normalized spacial score (nSPS) is 11.2. The number of hydrogen-bond donors (Lipinski definition) is 1. The molecule has 1 amide bonds. The predicted molar refractivity (Wildman–Crippen MR) is 102 cm³/mol. The van der Waals surface area contributed by atoms with Gasteiger partial charge in [-0.1, -0.05) is 35.4 Å². The quantitative estimate of drug-likeness (QED) is 0.861. The third-order valence-corrected chi connectivity index (χ3v) is 5.12. The molecule has 0 aromatic heterocycles. The Bertz CT molecular complexity index is 859. The summed E-state index contributed by atoms with van der Waals surface area (Å²) < 4.78 is 25.7. The van der Waals surface area contributed by atoms with Crippen molar-refractivity contribution < 1.29 is 13.2 Å². The van der Waals surface area contributed by atoms with Crippen molar-refractivity contribution in [3.8, 4) is 0 Å². The van der Waals surface area contributed by atoms with Crippen molar-refractivity contribution in [1.82, 2.24) is 5.32 Å². The molecule has 1 N–H and O–H groups in total. The van der Waals surface area contributed by atoms with Crippen molar-refractivity contribution in [2.75, 3.05) is 23.7 Å². The van der Waals surface area contributed by atoms with Crippen molar-refractivity contribution in [3.05, 3.63) is 64.7 Å². The molecule has 5 nitrogen and oxygen atoms in total. The topological polar surface area (TPSA) is 66.5 Å². The number of aryl methyl sites for hydroxylation is 3. The molecule has 0 bridgehead atoms. The molecule has 2 rings (SSSR count). The van der Waals surface area contributed by atoms with Gasteiger partial charge < -0.3 is 5.32 Å². The molecule has 6 heteroatoms. The number of sulfonamides is 1. The molecule has 0 saturated carbocycles. The molecule has 2 aromatic rings. The van der Waals surface area contributed by atoms with Crippen LogP contribution >= 0.6 is 0 Å². The number of carbonyl (C=O) groups is 1. The van der Waals surface area contributed by atoms with E-state index >= 15 is 0 Å². The third-order valence-electron chi connectivity index (χ3n) is 3.94. The minimum atomic E-state index is -3.44. The number of rotatable bonds is 6. The fourth-order valence-corrected chi connectivity index (χ4v) is 3.61. The van der Waals surface area contributed by atoms with E-state index in [9.17, 15) is 13.2 Å². The zero-order chi connectivity index (χ0) is 18.6. The molecule has 0 spiro atoms. The Balaban J connectivity index is 2.08. The van der Waals surface area contributed by atoms with E-state index in [1.807, 2.05) is 45.0 Å². The molecule has 0 fully saturated rings. The Morgan fingerprint density at radius 3 is 2.16 bits per heavy atom. The van der Waals surface area contributed by atoms with Gasteiger partial charge >= 0.3 is 0 Å². The van der Waals surface area contributed by atoms with E-state index in [0.717, 1.165) is 16.7 Å². The molecule has 2 aromatic carbocycles. The highest BCUT2D eigenvalue weighted by Gasteiger charge is 2.19. The average molecular weight is 360 g/mol. The first-order valence-electron chi connectivity index (χ1n) is 8.08. The van der Waals surface area contributed by atoms with E-state index in [-0.39, 0.29) is 19.0 Å². The van der Waals surface area contributed by atoms with Gasteiger partial charge in [0.25, 0.3) is 5.91 Å². The summed E-state index contributed by atoms with van der Waals surface area (Å²) in [5.41, 5.74) is 4.23. The molecule has 25 heavy (non-hydrogen) atoms. The smallest absolute Gasteiger partial charge is 0.251 e. The highest BCUT2D eigenvalue weighted by molar-refractivity contribution is 7.92. The van der Waals surface area contributed by atoms with Crippen LogP contribution in [0.4, 0.5) is 5.69 Å². The Morgan fingerprint density at radius 1 is 1.00 bits per heavy atom. The maximum absolute atomic E-state index is 12.2. The van der Waals surface area contributed by atoms with Crippen molar-refractivity contribution >= 4 is 21.6 Å². The second kappa shape index (κ2) is 7.70. The summed E-state index contributed by atoms with van der Waals surface area (Å²) in [7, 11) is -3.44. The molecule has 0 aliphatic rings. The fraction of sp³-hybridized carbons (Fsp3) is 0.316. The maximum Gasteiger partial charge on any atom is 0.251 e.